The summed E-state index contributed by atoms with van der Waals surface area (Å²) < 4.78 is 11.1. The van der Waals surface area contributed by atoms with Gasteiger partial charge in [0.2, 0.25) is 5.91 Å². The Kier molecular flexibility index (Phi) is 4.30. The summed E-state index contributed by atoms with van der Waals surface area (Å²) in [5.74, 6) is 0.0409. The molecule has 0 saturated carbocycles. The summed E-state index contributed by atoms with van der Waals surface area (Å²) >= 11 is 0. The van der Waals surface area contributed by atoms with Crippen LogP contribution >= 0.6 is 0 Å². The van der Waals surface area contributed by atoms with Crippen LogP contribution in [0, 0.1) is 0 Å². The molecular weight excluding hydrogens is 256 g/mol. The van der Waals surface area contributed by atoms with Crippen LogP contribution in [0.3, 0.4) is 0 Å². The van der Waals surface area contributed by atoms with E-state index in [1.807, 2.05) is 18.2 Å². The van der Waals surface area contributed by atoms with Crippen molar-refractivity contribution in [1.82, 2.24) is 4.90 Å². The molecule has 0 radical (unpaired) electrons. The molecule has 1 aromatic rings. The fraction of sp³-hybridized carbons (Fsp3) is 0.533. The highest BCUT2D eigenvalue weighted by atomic mass is 16.5. The number of hydrogen-bond donors (Lipinski definition) is 1. The van der Waals surface area contributed by atoms with Crippen molar-refractivity contribution in [2.24, 2.45) is 0 Å². The molecule has 1 fully saturated rings. The van der Waals surface area contributed by atoms with E-state index >= 15 is 0 Å². The van der Waals surface area contributed by atoms with E-state index in [2.05, 4.69) is 16.3 Å². The molecule has 0 aromatic heterocycles. The summed E-state index contributed by atoms with van der Waals surface area (Å²) in [6, 6.07) is 7.95. The number of hydrogen-bond acceptors (Lipinski definition) is 4. The van der Waals surface area contributed by atoms with E-state index in [9.17, 15) is 4.79 Å². The number of para-hydroxylation sites is 1. The largest absolute Gasteiger partial charge is 0.379 e. The number of amides is 1. The van der Waals surface area contributed by atoms with Gasteiger partial charge in [0.1, 0.15) is 0 Å². The Morgan fingerprint density at radius 2 is 2.25 bits per heavy atom. The number of nitrogens with one attached hydrogen (secondary N) is 1. The normalized spacial score (nSPS) is 23.2. The Morgan fingerprint density at radius 1 is 1.35 bits per heavy atom. The van der Waals surface area contributed by atoms with Gasteiger partial charge in [-0.1, -0.05) is 18.2 Å². The minimum Gasteiger partial charge on any atom is -0.379 e. The first kappa shape index (κ1) is 13.5. The molecule has 1 N–H and O–H groups in total. The minimum absolute atomic E-state index is 0.0409. The molecule has 0 spiro atoms. The molecule has 1 aromatic carbocycles. The third-order valence-electron chi connectivity index (χ3n) is 3.70. The molecule has 20 heavy (non-hydrogen) atoms. The standard InChI is InChI=1S/C15H20N2O3/c18-15-10-17(6-8-20-13-5-7-19-11-13)9-12-3-1-2-4-14(12)16-15/h1-4,13H,5-11H2,(H,16,18). The molecule has 108 valence electrons. The molecule has 2 heterocycles. The van der Waals surface area contributed by atoms with E-state index in [0.717, 1.165) is 37.4 Å². The molecule has 1 atom stereocenters. The maximum absolute atomic E-state index is 11.9. The Labute approximate surface area is 118 Å². The molecule has 0 aliphatic carbocycles. The van der Waals surface area contributed by atoms with E-state index in [0.29, 0.717) is 19.8 Å². The van der Waals surface area contributed by atoms with Crippen LogP contribution in [-0.4, -0.2) is 49.8 Å². The van der Waals surface area contributed by atoms with Crippen LogP contribution in [0.4, 0.5) is 5.69 Å². The predicted molar refractivity (Wildman–Crippen MR) is 75.5 cm³/mol. The molecule has 2 aliphatic rings. The SMILES string of the molecule is O=C1CN(CCOC2CCOC2)Cc2ccccc2N1. The van der Waals surface area contributed by atoms with Crippen molar-refractivity contribution in [3.63, 3.8) is 0 Å². The molecule has 5 heteroatoms. The van der Waals surface area contributed by atoms with Crippen molar-refractivity contribution in [1.29, 1.82) is 0 Å². The van der Waals surface area contributed by atoms with Gasteiger partial charge in [0.25, 0.3) is 0 Å². The van der Waals surface area contributed by atoms with Crippen LogP contribution in [0.5, 0.6) is 0 Å². The second kappa shape index (κ2) is 6.35. The Balaban J connectivity index is 1.55. The molecule has 1 saturated heterocycles. The van der Waals surface area contributed by atoms with Gasteiger partial charge in [0, 0.05) is 25.4 Å². The van der Waals surface area contributed by atoms with Gasteiger partial charge in [-0.25, -0.2) is 0 Å². The summed E-state index contributed by atoms with van der Waals surface area (Å²) in [4.78, 5) is 14.0. The fourth-order valence-corrected chi connectivity index (χ4v) is 2.62. The predicted octanol–water partition coefficient (Wildman–Crippen LogP) is 1.25. The van der Waals surface area contributed by atoms with Gasteiger partial charge in [0.15, 0.2) is 0 Å². The van der Waals surface area contributed by atoms with E-state index < -0.39 is 0 Å². The molecule has 1 amide bonds. The van der Waals surface area contributed by atoms with Gasteiger partial charge < -0.3 is 14.8 Å². The number of fused-ring (bicyclic) bond motifs is 1. The summed E-state index contributed by atoms with van der Waals surface area (Å²) in [7, 11) is 0. The van der Waals surface area contributed by atoms with Gasteiger partial charge in [-0.05, 0) is 18.1 Å². The first-order valence-corrected chi connectivity index (χ1v) is 7.11. The molecule has 5 nitrogen and oxygen atoms in total. The number of anilines is 1. The zero-order valence-electron chi connectivity index (χ0n) is 11.5. The first-order valence-electron chi connectivity index (χ1n) is 7.11. The van der Waals surface area contributed by atoms with Crippen LogP contribution in [0.2, 0.25) is 0 Å². The van der Waals surface area contributed by atoms with Crippen molar-refractivity contribution in [3.8, 4) is 0 Å². The molecule has 3 rings (SSSR count). The van der Waals surface area contributed by atoms with Crippen LogP contribution in [0.25, 0.3) is 0 Å². The van der Waals surface area contributed by atoms with Crippen molar-refractivity contribution >= 4 is 11.6 Å². The highest BCUT2D eigenvalue weighted by molar-refractivity contribution is 5.93. The third-order valence-corrected chi connectivity index (χ3v) is 3.70. The highest BCUT2D eigenvalue weighted by Gasteiger charge is 2.20. The Hall–Kier alpha value is -1.43. The van der Waals surface area contributed by atoms with Crippen LogP contribution < -0.4 is 5.32 Å². The Bertz CT molecular complexity index is 472. The lowest BCUT2D eigenvalue weighted by Crippen LogP contribution is -2.33. The first-order chi connectivity index (χ1) is 9.81. The maximum atomic E-state index is 11.9. The van der Waals surface area contributed by atoms with Crippen LogP contribution in [0.15, 0.2) is 24.3 Å². The summed E-state index contributed by atoms with van der Waals surface area (Å²) in [5.41, 5.74) is 2.08. The molecular formula is C15H20N2O3. The quantitative estimate of drug-likeness (QED) is 0.899. The molecule has 1 unspecified atom stereocenters. The lowest BCUT2D eigenvalue weighted by Gasteiger charge is -2.20. The Morgan fingerprint density at radius 3 is 3.10 bits per heavy atom. The highest BCUT2D eigenvalue weighted by Crippen LogP contribution is 2.20. The average molecular weight is 276 g/mol. The van der Waals surface area contributed by atoms with Gasteiger partial charge in [-0.2, -0.15) is 0 Å². The van der Waals surface area contributed by atoms with Crippen LogP contribution in [0.1, 0.15) is 12.0 Å². The topological polar surface area (TPSA) is 50.8 Å². The van der Waals surface area contributed by atoms with Crippen molar-refractivity contribution in [2.45, 2.75) is 19.1 Å². The summed E-state index contributed by atoms with van der Waals surface area (Å²) in [6.07, 6.45) is 1.20. The van der Waals surface area contributed by atoms with Crippen molar-refractivity contribution in [2.75, 3.05) is 38.2 Å². The zero-order chi connectivity index (χ0) is 13.8. The van der Waals surface area contributed by atoms with Crippen molar-refractivity contribution in [3.05, 3.63) is 29.8 Å². The zero-order valence-corrected chi connectivity index (χ0v) is 11.5. The number of rotatable bonds is 4. The van der Waals surface area contributed by atoms with E-state index in [1.54, 1.807) is 0 Å². The second-order valence-corrected chi connectivity index (χ2v) is 5.27. The molecule has 0 bridgehead atoms. The van der Waals surface area contributed by atoms with Crippen LogP contribution in [-0.2, 0) is 20.8 Å². The lowest BCUT2D eigenvalue weighted by atomic mass is 10.2. The number of carbonyl (C=O) groups excluding carboxylic acids is 1. The monoisotopic (exact) mass is 276 g/mol. The van der Waals surface area contributed by atoms with Crippen molar-refractivity contribution < 1.29 is 14.3 Å². The van der Waals surface area contributed by atoms with Gasteiger partial charge in [0.05, 0.1) is 25.9 Å². The van der Waals surface area contributed by atoms with E-state index in [4.69, 9.17) is 9.47 Å². The maximum Gasteiger partial charge on any atom is 0.238 e. The number of nitrogens with zero attached hydrogens (tertiary/aromatic N) is 1. The average Bonchev–Trinajstić information content (AvgIpc) is 2.88. The second-order valence-electron chi connectivity index (χ2n) is 5.27. The van der Waals surface area contributed by atoms with Gasteiger partial charge in [-0.3, -0.25) is 9.69 Å². The number of ether oxygens (including phenoxy) is 2. The molecule has 2 aliphatic heterocycles. The summed E-state index contributed by atoms with van der Waals surface area (Å²) in [5, 5.41) is 2.94. The van der Waals surface area contributed by atoms with Gasteiger partial charge in [-0.15, -0.1) is 0 Å². The smallest absolute Gasteiger partial charge is 0.238 e. The number of carbonyl (C=O) groups is 1. The fourth-order valence-electron chi connectivity index (χ4n) is 2.62. The van der Waals surface area contributed by atoms with E-state index in [1.165, 1.54) is 0 Å². The summed E-state index contributed by atoms with van der Waals surface area (Å²) in [6.45, 7) is 4.09. The van der Waals surface area contributed by atoms with Gasteiger partial charge >= 0.3 is 0 Å². The third kappa shape index (κ3) is 3.36. The number of benzene rings is 1. The van der Waals surface area contributed by atoms with E-state index in [-0.39, 0.29) is 12.0 Å². The minimum atomic E-state index is 0.0409. The lowest BCUT2D eigenvalue weighted by molar-refractivity contribution is -0.117.